The van der Waals surface area contributed by atoms with Crippen LogP contribution >= 0.6 is 0 Å². The van der Waals surface area contributed by atoms with Crippen molar-refractivity contribution in [2.45, 2.75) is 31.5 Å². The number of carbonyl (C=O) groups is 1. The molecular formula is C19H27N5O2. The Balaban J connectivity index is 1.76. The van der Waals surface area contributed by atoms with Crippen LogP contribution in [0.15, 0.2) is 36.4 Å². The van der Waals surface area contributed by atoms with Gasteiger partial charge in [-0.25, -0.2) is 4.68 Å². The number of anilines is 1. The van der Waals surface area contributed by atoms with Gasteiger partial charge in [-0.3, -0.25) is 9.69 Å². The van der Waals surface area contributed by atoms with Crippen LogP contribution in [0.5, 0.6) is 0 Å². The number of β-amino-alcohol motifs (C(OH)–C–C–N with tert-alkyl or cyclic N) is 1. The fraction of sp³-hybridized carbons (Fsp3) is 0.474. The molecule has 7 nitrogen and oxygen atoms in total. The van der Waals surface area contributed by atoms with Crippen LogP contribution < -0.4 is 5.73 Å². The van der Waals surface area contributed by atoms with Crippen molar-refractivity contribution in [1.82, 2.24) is 19.6 Å². The molecule has 3 N–H and O–H groups in total. The topological polar surface area (TPSA) is 87.6 Å². The predicted molar refractivity (Wildman–Crippen MR) is 100 cm³/mol. The Morgan fingerprint density at radius 3 is 2.62 bits per heavy atom. The Kier molecular flexibility index (Phi) is 5.02. The van der Waals surface area contributed by atoms with Crippen LogP contribution in [-0.2, 0) is 16.9 Å². The fourth-order valence-electron chi connectivity index (χ4n) is 3.91. The Hall–Kier alpha value is -2.38. The first kappa shape index (κ1) is 18.4. The van der Waals surface area contributed by atoms with Gasteiger partial charge < -0.3 is 15.7 Å². The number of hydrogen-bond donors (Lipinski definition) is 2. The lowest BCUT2D eigenvalue weighted by Crippen LogP contribution is -2.61. The summed E-state index contributed by atoms with van der Waals surface area (Å²) in [5, 5.41) is 15.2. The fourth-order valence-corrected chi connectivity index (χ4v) is 3.91. The number of hydrogen-bond acceptors (Lipinski definition) is 5. The number of piperidine rings is 1. The second-order valence-electron chi connectivity index (χ2n) is 7.16. The first-order chi connectivity index (χ1) is 12.3. The number of nitrogens with two attached hydrogens (primary N) is 1. The molecule has 1 amide bonds. The summed E-state index contributed by atoms with van der Waals surface area (Å²) >= 11 is 0. The highest BCUT2D eigenvalue weighted by atomic mass is 16.3. The summed E-state index contributed by atoms with van der Waals surface area (Å²) in [6.45, 7) is 2.79. The maximum absolute atomic E-state index is 12.7. The average Bonchev–Trinajstić information content (AvgIpc) is 2.92. The Morgan fingerprint density at radius 2 is 2.08 bits per heavy atom. The second kappa shape index (κ2) is 7.09. The molecule has 26 heavy (non-hydrogen) atoms. The minimum absolute atomic E-state index is 0.0840. The van der Waals surface area contributed by atoms with Gasteiger partial charge in [0.1, 0.15) is 12.4 Å². The summed E-state index contributed by atoms with van der Waals surface area (Å²) in [4.78, 5) is 16.4. The molecule has 140 valence electrons. The lowest BCUT2D eigenvalue weighted by molar-refractivity contribution is -0.141. The van der Waals surface area contributed by atoms with E-state index >= 15 is 0 Å². The largest absolute Gasteiger partial charge is 0.389 e. The van der Waals surface area contributed by atoms with Crippen molar-refractivity contribution in [3.8, 4) is 0 Å². The van der Waals surface area contributed by atoms with Crippen molar-refractivity contribution in [2.75, 3.05) is 32.9 Å². The number of rotatable bonds is 4. The lowest BCUT2D eigenvalue weighted by Gasteiger charge is -2.49. The van der Waals surface area contributed by atoms with Crippen LogP contribution in [0, 0.1) is 6.92 Å². The average molecular weight is 357 g/mol. The summed E-state index contributed by atoms with van der Waals surface area (Å²) in [6.07, 6.45) is -0.0286. The third-order valence-corrected chi connectivity index (χ3v) is 5.35. The van der Waals surface area contributed by atoms with E-state index in [4.69, 9.17) is 5.73 Å². The number of benzene rings is 1. The normalized spacial score (nSPS) is 23.4. The molecule has 0 saturated carbocycles. The molecule has 0 spiro atoms. The first-order valence-corrected chi connectivity index (χ1v) is 8.83. The quantitative estimate of drug-likeness (QED) is 0.846. The third kappa shape index (κ3) is 3.20. The number of likely N-dealkylation sites (tertiary alicyclic amines) is 1. The highest BCUT2D eigenvalue weighted by Gasteiger charge is 2.46. The maximum Gasteiger partial charge on any atom is 0.244 e. The number of nitrogen functional groups attached to an aromatic ring is 1. The molecule has 0 bridgehead atoms. The smallest absolute Gasteiger partial charge is 0.244 e. The van der Waals surface area contributed by atoms with E-state index < -0.39 is 11.6 Å². The summed E-state index contributed by atoms with van der Waals surface area (Å²) in [5.41, 5.74) is 7.23. The maximum atomic E-state index is 12.7. The van der Waals surface area contributed by atoms with Gasteiger partial charge in [-0.15, -0.1) is 0 Å². The zero-order valence-electron chi connectivity index (χ0n) is 15.6. The molecule has 0 unspecified atom stereocenters. The van der Waals surface area contributed by atoms with Gasteiger partial charge in [0.05, 0.1) is 17.3 Å². The number of aromatic nitrogens is 2. The van der Waals surface area contributed by atoms with Crippen LogP contribution in [0.1, 0.15) is 17.7 Å². The molecule has 1 saturated heterocycles. The minimum Gasteiger partial charge on any atom is -0.389 e. The Morgan fingerprint density at radius 1 is 1.38 bits per heavy atom. The summed E-state index contributed by atoms with van der Waals surface area (Å²) in [6, 6.07) is 11.7. The number of aliphatic hydroxyl groups is 1. The van der Waals surface area contributed by atoms with Crippen molar-refractivity contribution in [3.05, 3.63) is 47.7 Å². The second-order valence-corrected chi connectivity index (χ2v) is 7.16. The minimum atomic E-state index is -0.686. The van der Waals surface area contributed by atoms with Gasteiger partial charge in [0.2, 0.25) is 5.91 Å². The summed E-state index contributed by atoms with van der Waals surface area (Å²) in [7, 11) is 3.95. The number of aryl methyl sites for hydroxylation is 1. The molecule has 2 atom stereocenters. The van der Waals surface area contributed by atoms with Gasteiger partial charge >= 0.3 is 0 Å². The molecule has 1 aliphatic heterocycles. The molecule has 0 radical (unpaired) electrons. The van der Waals surface area contributed by atoms with E-state index in [1.165, 1.54) is 4.68 Å². The van der Waals surface area contributed by atoms with E-state index in [0.717, 1.165) is 11.3 Å². The number of likely N-dealkylation sites (N-methyl/N-ethyl adjacent to an activating group) is 1. The van der Waals surface area contributed by atoms with Crippen LogP contribution in [0.25, 0.3) is 0 Å². The summed E-state index contributed by atoms with van der Waals surface area (Å²) < 4.78 is 1.51. The molecular weight excluding hydrogens is 330 g/mol. The van der Waals surface area contributed by atoms with Crippen LogP contribution in [0.2, 0.25) is 0 Å². The van der Waals surface area contributed by atoms with E-state index in [2.05, 4.69) is 10.00 Å². The summed E-state index contributed by atoms with van der Waals surface area (Å²) in [5.74, 6) is 0.389. The van der Waals surface area contributed by atoms with Crippen molar-refractivity contribution in [1.29, 1.82) is 0 Å². The number of carbonyl (C=O) groups excluding carboxylic acids is 1. The number of nitrogens with zero attached hydrogens (tertiary/aromatic N) is 4. The van der Waals surface area contributed by atoms with Gasteiger partial charge in [-0.1, -0.05) is 30.3 Å². The lowest BCUT2D eigenvalue weighted by atomic mass is 9.77. The molecule has 2 heterocycles. The van der Waals surface area contributed by atoms with Crippen molar-refractivity contribution < 1.29 is 9.90 Å². The van der Waals surface area contributed by atoms with E-state index in [9.17, 15) is 9.90 Å². The highest BCUT2D eigenvalue weighted by molar-refractivity contribution is 5.76. The van der Waals surface area contributed by atoms with Crippen LogP contribution in [-0.4, -0.2) is 63.9 Å². The molecule has 0 aliphatic carbocycles. The van der Waals surface area contributed by atoms with Crippen molar-refractivity contribution in [3.63, 3.8) is 0 Å². The van der Waals surface area contributed by atoms with E-state index in [1.807, 2.05) is 51.4 Å². The van der Waals surface area contributed by atoms with Crippen LogP contribution in [0.3, 0.4) is 0 Å². The van der Waals surface area contributed by atoms with Gasteiger partial charge in [0.25, 0.3) is 0 Å². The van der Waals surface area contributed by atoms with Crippen molar-refractivity contribution in [2.24, 2.45) is 0 Å². The molecule has 2 aromatic rings. The molecule has 7 heteroatoms. The van der Waals surface area contributed by atoms with E-state index in [0.29, 0.717) is 18.8 Å². The first-order valence-electron chi connectivity index (χ1n) is 8.83. The molecule has 1 fully saturated rings. The molecule has 3 rings (SSSR count). The standard InChI is InChI=1S/C19H27N5O2/c1-14-11-17(20)24(21-14)13-18(26)23-10-9-19(22(2)3,16(25)12-23)15-7-5-4-6-8-15/h4-8,11,16,25H,9-10,12-13,20H2,1-3H3/t16-,19+/m1/s1. The highest BCUT2D eigenvalue weighted by Crippen LogP contribution is 2.37. The molecule has 1 aromatic carbocycles. The van der Waals surface area contributed by atoms with Gasteiger partial charge in [0.15, 0.2) is 0 Å². The monoisotopic (exact) mass is 357 g/mol. The van der Waals surface area contributed by atoms with Gasteiger partial charge in [-0.05, 0) is 33.0 Å². The zero-order valence-corrected chi connectivity index (χ0v) is 15.6. The molecule has 1 aromatic heterocycles. The Labute approximate surface area is 154 Å². The van der Waals surface area contributed by atoms with E-state index in [1.54, 1.807) is 11.0 Å². The zero-order chi connectivity index (χ0) is 18.9. The van der Waals surface area contributed by atoms with Crippen LogP contribution in [0.4, 0.5) is 5.82 Å². The SMILES string of the molecule is Cc1cc(N)n(CC(=O)N2CC[C@@](c3ccccc3)(N(C)C)[C@H](O)C2)n1. The van der Waals surface area contributed by atoms with E-state index in [-0.39, 0.29) is 19.0 Å². The molecule has 1 aliphatic rings. The van der Waals surface area contributed by atoms with Gasteiger partial charge in [-0.2, -0.15) is 5.10 Å². The predicted octanol–water partition coefficient (Wildman–Crippen LogP) is 0.824. The van der Waals surface area contributed by atoms with Crippen molar-refractivity contribution >= 4 is 11.7 Å². The third-order valence-electron chi connectivity index (χ3n) is 5.35. The number of aliphatic hydroxyl groups excluding tert-OH is 1. The Bertz CT molecular complexity index is 773. The number of amides is 1. The van der Waals surface area contributed by atoms with Gasteiger partial charge in [0, 0.05) is 19.2 Å².